The standard InChI is InChI=1S/C64H47BN2S/c1-40-30-36-46(41-18-7-5-8-19-41)50(38-40)42-31-37-54-57(39-42)66(44-20-9-6-10-21-44)55-28-17-29-56-59(55)65(54)62-60(67(56)45-34-32-43(33-35-45)63(2,3)4)58-49-24-13-16-27-53(49)64(61(58)68-62)51-25-14-11-22-47(51)48-23-12-15-26-52(48)64/h5-39H,1-4H3. The summed E-state index contributed by atoms with van der Waals surface area (Å²) in [6.45, 7) is 9.12. The van der Waals surface area contributed by atoms with Gasteiger partial charge in [0, 0.05) is 43.7 Å². The first-order valence-electron chi connectivity index (χ1n) is 24.0. The van der Waals surface area contributed by atoms with E-state index in [1.165, 1.54) is 121 Å². The number of anilines is 6. The molecule has 0 unspecified atom stereocenters. The molecule has 2 nitrogen and oxygen atoms in total. The van der Waals surface area contributed by atoms with Crippen molar-refractivity contribution in [3.8, 4) is 44.5 Å². The Hall–Kier alpha value is -7.66. The van der Waals surface area contributed by atoms with Crippen LogP contribution in [0.25, 0.3) is 44.5 Å². The molecule has 0 radical (unpaired) electrons. The number of aryl methyl sites for hydroxylation is 1. The molecule has 4 aliphatic rings. The first kappa shape index (κ1) is 39.5. The van der Waals surface area contributed by atoms with Crippen molar-refractivity contribution in [2.75, 3.05) is 9.80 Å². The van der Waals surface area contributed by atoms with Crippen molar-refractivity contribution >= 4 is 67.9 Å². The zero-order chi connectivity index (χ0) is 45.5. The van der Waals surface area contributed by atoms with Crippen molar-refractivity contribution in [3.05, 3.63) is 245 Å². The summed E-state index contributed by atoms with van der Waals surface area (Å²) in [6.07, 6.45) is 0. The zero-order valence-corrected chi connectivity index (χ0v) is 39.4. The van der Waals surface area contributed by atoms with Crippen LogP contribution in [0.15, 0.2) is 212 Å². The lowest BCUT2D eigenvalue weighted by Gasteiger charge is -2.43. The van der Waals surface area contributed by atoms with E-state index in [4.69, 9.17) is 0 Å². The average molecular weight is 887 g/mol. The van der Waals surface area contributed by atoms with Crippen LogP contribution in [0.2, 0.25) is 0 Å². The predicted octanol–water partition coefficient (Wildman–Crippen LogP) is 15.1. The highest BCUT2D eigenvalue weighted by molar-refractivity contribution is 7.30. The third-order valence-corrected chi connectivity index (χ3v) is 16.6. The van der Waals surface area contributed by atoms with Crippen LogP contribution in [0.4, 0.5) is 34.1 Å². The van der Waals surface area contributed by atoms with E-state index in [1.807, 2.05) is 0 Å². The highest BCUT2D eigenvalue weighted by Crippen LogP contribution is 2.67. The van der Waals surface area contributed by atoms with Gasteiger partial charge in [0.05, 0.1) is 11.1 Å². The monoisotopic (exact) mass is 886 g/mol. The minimum absolute atomic E-state index is 0.0110. The van der Waals surface area contributed by atoms with Crippen molar-refractivity contribution in [1.29, 1.82) is 0 Å². The third-order valence-electron chi connectivity index (χ3n) is 15.3. The third kappa shape index (κ3) is 5.35. The van der Waals surface area contributed by atoms with Crippen LogP contribution in [0.5, 0.6) is 0 Å². The summed E-state index contributed by atoms with van der Waals surface area (Å²) in [5.74, 6) is 0. The molecule has 4 heteroatoms. The number of hydrogen-bond acceptors (Lipinski definition) is 3. The van der Waals surface area contributed by atoms with E-state index in [1.54, 1.807) is 0 Å². The van der Waals surface area contributed by atoms with Gasteiger partial charge in [0.2, 0.25) is 0 Å². The van der Waals surface area contributed by atoms with Gasteiger partial charge in [-0.1, -0.05) is 196 Å². The summed E-state index contributed by atoms with van der Waals surface area (Å²) in [7, 11) is 0. The van der Waals surface area contributed by atoms with E-state index in [0.29, 0.717) is 0 Å². The summed E-state index contributed by atoms with van der Waals surface area (Å²) >= 11 is 2.05. The van der Waals surface area contributed by atoms with Gasteiger partial charge in [0.1, 0.15) is 0 Å². The smallest absolute Gasteiger partial charge is 0.264 e. The average Bonchev–Trinajstić information content (AvgIpc) is 4.01. The van der Waals surface area contributed by atoms with E-state index in [0.717, 1.165) is 5.69 Å². The molecule has 0 saturated heterocycles. The summed E-state index contributed by atoms with van der Waals surface area (Å²) in [6, 6.07) is 80.3. The highest BCUT2D eigenvalue weighted by Gasteiger charge is 2.56. The first-order valence-corrected chi connectivity index (χ1v) is 24.8. The van der Waals surface area contributed by atoms with E-state index in [-0.39, 0.29) is 12.1 Å². The maximum absolute atomic E-state index is 2.64. The van der Waals surface area contributed by atoms with Crippen LogP contribution in [-0.4, -0.2) is 6.71 Å². The quantitative estimate of drug-likeness (QED) is 0.163. The number of nitrogens with zero attached hydrogens (tertiary/aromatic N) is 2. The molecule has 0 N–H and O–H groups in total. The maximum Gasteiger partial charge on any atom is 0.264 e. The Balaban J connectivity index is 1.09. The van der Waals surface area contributed by atoms with Crippen molar-refractivity contribution in [1.82, 2.24) is 0 Å². The molecule has 10 aromatic rings. The maximum atomic E-state index is 2.64. The predicted molar refractivity (Wildman–Crippen MR) is 289 cm³/mol. The van der Waals surface area contributed by atoms with Gasteiger partial charge in [-0.25, -0.2) is 0 Å². The van der Waals surface area contributed by atoms with E-state index >= 15 is 0 Å². The second kappa shape index (κ2) is 14.4. The molecule has 2 aliphatic heterocycles. The fourth-order valence-corrected chi connectivity index (χ4v) is 14.0. The molecule has 0 fully saturated rings. The first-order chi connectivity index (χ1) is 33.3. The van der Waals surface area contributed by atoms with Crippen LogP contribution in [0, 0.1) is 6.92 Å². The van der Waals surface area contributed by atoms with Gasteiger partial charge in [-0.3, -0.25) is 0 Å². The van der Waals surface area contributed by atoms with Crippen LogP contribution < -0.4 is 25.5 Å². The number of rotatable bonds is 4. The molecule has 0 amide bonds. The van der Waals surface area contributed by atoms with Crippen LogP contribution in [0.1, 0.15) is 53.5 Å². The Kier molecular flexibility index (Phi) is 8.38. The minimum Gasteiger partial charge on any atom is -0.311 e. The van der Waals surface area contributed by atoms with Gasteiger partial charge in [-0.15, -0.1) is 11.3 Å². The number of fused-ring (bicyclic) bond motifs is 15. The summed E-state index contributed by atoms with van der Waals surface area (Å²) in [4.78, 5) is 6.60. The zero-order valence-electron chi connectivity index (χ0n) is 38.6. The lowest BCUT2D eigenvalue weighted by Crippen LogP contribution is -2.60. The minimum atomic E-state index is -0.450. The van der Waals surface area contributed by atoms with Gasteiger partial charge >= 0.3 is 0 Å². The summed E-state index contributed by atoms with van der Waals surface area (Å²) in [5.41, 5.74) is 26.5. The molecule has 0 bridgehead atoms. The Morgan fingerprint density at radius 1 is 0.456 bits per heavy atom. The number of thiophene rings is 1. The van der Waals surface area contributed by atoms with E-state index in [2.05, 4.69) is 261 Å². The molecule has 9 aromatic carbocycles. The molecular formula is C64H47BN2S. The SMILES string of the molecule is Cc1ccc(-c2ccccc2)c(-c2ccc3c(c2)N(c2ccccc2)c2cccc4c2B3c2sc3c(c2N4c2ccc(C(C)(C)C)cc2)-c2ccccc2C32c3ccccc3-c3ccccc32)c1. The Morgan fingerprint density at radius 2 is 1.04 bits per heavy atom. The Bertz CT molecular complexity index is 3650. The van der Waals surface area contributed by atoms with Crippen LogP contribution in [0.3, 0.4) is 0 Å². The fraction of sp³-hybridized carbons (Fsp3) is 0.0938. The molecule has 0 atom stereocenters. The summed E-state index contributed by atoms with van der Waals surface area (Å²) < 4.78 is 1.40. The van der Waals surface area contributed by atoms with Crippen LogP contribution in [-0.2, 0) is 10.8 Å². The Labute approximate surface area is 403 Å². The van der Waals surface area contributed by atoms with Crippen molar-refractivity contribution in [3.63, 3.8) is 0 Å². The normalized spacial score (nSPS) is 14.2. The van der Waals surface area contributed by atoms with Crippen molar-refractivity contribution in [2.45, 2.75) is 38.5 Å². The van der Waals surface area contributed by atoms with Gasteiger partial charge in [-0.05, 0) is 127 Å². The molecule has 0 saturated carbocycles. The highest BCUT2D eigenvalue weighted by atomic mass is 32.1. The van der Waals surface area contributed by atoms with Gasteiger partial charge in [0.15, 0.2) is 0 Å². The van der Waals surface area contributed by atoms with Gasteiger partial charge in [-0.2, -0.15) is 0 Å². The summed E-state index contributed by atoms with van der Waals surface area (Å²) in [5, 5.41) is 0. The lowest BCUT2D eigenvalue weighted by atomic mass is 9.36. The Morgan fingerprint density at radius 3 is 1.72 bits per heavy atom. The number of hydrogen-bond donors (Lipinski definition) is 0. The topological polar surface area (TPSA) is 6.48 Å². The molecule has 2 aliphatic carbocycles. The molecule has 1 aromatic heterocycles. The van der Waals surface area contributed by atoms with E-state index < -0.39 is 5.41 Å². The largest absolute Gasteiger partial charge is 0.311 e. The van der Waals surface area contributed by atoms with Gasteiger partial charge < -0.3 is 9.80 Å². The molecule has 14 rings (SSSR count). The molecule has 68 heavy (non-hydrogen) atoms. The lowest BCUT2D eigenvalue weighted by molar-refractivity contribution is 0.590. The van der Waals surface area contributed by atoms with Crippen molar-refractivity contribution < 1.29 is 0 Å². The molecule has 1 spiro atoms. The van der Waals surface area contributed by atoms with Crippen LogP contribution >= 0.6 is 11.3 Å². The van der Waals surface area contributed by atoms with Gasteiger partial charge in [0.25, 0.3) is 6.71 Å². The number of para-hydroxylation sites is 1. The second-order valence-electron chi connectivity index (χ2n) is 20.0. The molecule has 322 valence electrons. The fourth-order valence-electron chi connectivity index (χ4n) is 12.3. The molecule has 3 heterocycles. The van der Waals surface area contributed by atoms with E-state index in [9.17, 15) is 0 Å². The molecular weight excluding hydrogens is 840 g/mol. The second-order valence-corrected chi connectivity index (χ2v) is 21.1. The van der Waals surface area contributed by atoms with Crippen molar-refractivity contribution in [2.24, 2.45) is 0 Å². The number of benzene rings is 9.